The third-order valence-corrected chi connectivity index (χ3v) is 7.71. The SMILES string of the molecule is CC(=O)C[C@@H](CC(=O)[O-])O[Si](C)(C)C(C)(C)C. The first-order valence-electron chi connectivity index (χ1n) is 5.83. The smallest absolute Gasteiger partial charge is 0.192 e. The predicted molar refractivity (Wildman–Crippen MR) is 67.0 cm³/mol. The van der Waals surface area contributed by atoms with Gasteiger partial charge in [0, 0.05) is 18.8 Å². The number of carbonyl (C=O) groups excluding carboxylic acids is 2. The van der Waals surface area contributed by atoms with E-state index in [2.05, 4.69) is 20.8 Å². The highest BCUT2D eigenvalue weighted by Crippen LogP contribution is 2.37. The van der Waals surface area contributed by atoms with Gasteiger partial charge in [-0.1, -0.05) is 20.8 Å². The van der Waals surface area contributed by atoms with Gasteiger partial charge >= 0.3 is 0 Å². The molecule has 0 N–H and O–H groups in total. The van der Waals surface area contributed by atoms with Crippen LogP contribution in [0.5, 0.6) is 0 Å². The number of hydrogen-bond donors (Lipinski definition) is 0. The van der Waals surface area contributed by atoms with Gasteiger partial charge in [0.2, 0.25) is 0 Å². The summed E-state index contributed by atoms with van der Waals surface area (Å²) in [5.41, 5.74) is 0. The zero-order valence-electron chi connectivity index (χ0n) is 11.6. The van der Waals surface area contributed by atoms with Gasteiger partial charge in [-0.3, -0.25) is 4.79 Å². The highest BCUT2D eigenvalue weighted by molar-refractivity contribution is 6.74. The summed E-state index contributed by atoms with van der Waals surface area (Å²) in [6.07, 6.45) is -0.634. The van der Waals surface area contributed by atoms with Crippen LogP contribution in [0.25, 0.3) is 0 Å². The van der Waals surface area contributed by atoms with Crippen LogP contribution in [0.15, 0.2) is 0 Å². The van der Waals surface area contributed by atoms with Gasteiger partial charge in [0.25, 0.3) is 0 Å². The molecule has 0 saturated carbocycles. The minimum absolute atomic E-state index is 0.00598. The van der Waals surface area contributed by atoms with E-state index in [1.807, 2.05) is 13.1 Å². The van der Waals surface area contributed by atoms with E-state index in [4.69, 9.17) is 4.43 Å². The van der Waals surface area contributed by atoms with Crippen molar-refractivity contribution >= 4 is 20.1 Å². The van der Waals surface area contributed by atoms with Gasteiger partial charge < -0.3 is 14.3 Å². The Hall–Kier alpha value is -0.683. The summed E-state index contributed by atoms with van der Waals surface area (Å²) < 4.78 is 5.92. The van der Waals surface area contributed by atoms with Crippen LogP contribution in [0.4, 0.5) is 0 Å². The highest BCUT2D eigenvalue weighted by atomic mass is 28.4. The minimum atomic E-state index is -2.04. The molecule has 0 spiro atoms. The Bertz CT molecular complexity index is 275. The Morgan fingerprint density at radius 1 is 1.24 bits per heavy atom. The molecule has 0 aromatic heterocycles. The first-order valence-corrected chi connectivity index (χ1v) is 8.73. The summed E-state index contributed by atoms with van der Waals surface area (Å²) in [6, 6.07) is 0. The summed E-state index contributed by atoms with van der Waals surface area (Å²) in [4.78, 5) is 21.7. The number of ketones is 1. The molecule has 0 amide bonds. The van der Waals surface area contributed by atoms with E-state index in [0.717, 1.165) is 0 Å². The van der Waals surface area contributed by atoms with Crippen LogP contribution in [0.2, 0.25) is 18.1 Å². The lowest BCUT2D eigenvalue weighted by Gasteiger charge is -2.39. The molecular formula is C12H23O4Si-. The van der Waals surface area contributed by atoms with Crippen molar-refractivity contribution in [2.24, 2.45) is 0 Å². The summed E-state index contributed by atoms with van der Waals surface area (Å²) in [6.45, 7) is 11.7. The average Bonchev–Trinajstić information content (AvgIpc) is 1.96. The second-order valence-corrected chi connectivity index (χ2v) is 10.7. The van der Waals surface area contributed by atoms with Gasteiger partial charge in [-0.2, -0.15) is 0 Å². The summed E-state index contributed by atoms with van der Waals surface area (Å²) in [5, 5.41) is 10.6. The van der Waals surface area contributed by atoms with Crippen molar-refractivity contribution in [2.45, 2.75) is 64.8 Å². The molecule has 5 heteroatoms. The van der Waals surface area contributed by atoms with Crippen molar-refractivity contribution in [1.82, 2.24) is 0 Å². The zero-order chi connectivity index (χ0) is 13.9. The van der Waals surface area contributed by atoms with E-state index >= 15 is 0 Å². The average molecular weight is 259 g/mol. The zero-order valence-corrected chi connectivity index (χ0v) is 12.6. The molecule has 1 atom stereocenters. The molecule has 0 fully saturated rings. The van der Waals surface area contributed by atoms with Gasteiger partial charge in [-0.05, 0) is 25.1 Å². The number of Topliss-reactive ketones (excluding diaryl/α,β-unsaturated/α-hetero) is 1. The van der Waals surface area contributed by atoms with E-state index in [1.54, 1.807) is 0 Å². The lowest BCUT2D eigenvalue weighted by atomic mass is 10.1. The van der Waals surface area contributed by atoms with Crippen LogP contribution in [-0.4, -0.2) is 26.2 Å². The van der Waals surface area contributed by atoms with Crippen LogP contribution in [0.1, 0.15) is 40.5 Å². The monoisotopic (exact) mass is 259 g/mol. The minimum Gasteiger partial charge on any atom is -0.550 e. The van der Waals surface area contributed by atoms with Crippen molar-refractivity contribution in [1.29, 1.82) is 0 Å². The van der Waals surface area contributed by atoms with Gasteiger partial charge in [0.15, 0.2) is 8.32 Å². The normalized spacial score (nSPS) is 14.5. The fourth-order valence-corrected chi connectivity index (χ4v) is 2.61. The van der Waals surface area contributed by atoms with Crippen LogP contribution in [-0.2, 0) is 14.0 Å². The first kappa shape index (κ1) is 16.3. The van der Waals surface area contributed by atoms with Crippen molar-refractivity contribution < 1.29 is 19.1 Å². The van der Waals surface area contributed by atoms with E-state index in [-0.39, 0.29) is 23.7 Å². The Morgan fingerprint density at radius 2 is 1.71 bits per heavy atom. The topological polar surface area (TPSA) is 66.4 Å². The Labute approximate surface area is 104 Å². The molecule has 0 bridgehead atoms. The number of rotatable bonds is 6. The molecule has 0 saturated heterocycles. The van der Waals surface area contributed by atoms with Gasteiger partial charge in [-0.25, -0.2) is 0 Å². The molecule has 0 rings (SSSR count). The molecule has 0 aromatic carbocycles. The van der Waals surface area contributed by atoms with Crippen LogP contribution < -0.4 is 5.11 Å². The molecule has 0 aliphatic heterocycles. The molecule has 0 heterocycles. The lowest BCUT2D eigenvalue weighted by molar-refractivity contribution is -0.307. The number of hydrogen-bond acceptors (Lipinski definition) is 4. The van der Waals surface area contributed by atoms with Crippen molar-refractivity contribution in [3.05, 3.63) is 0 Å². The molecule has 100 valence electrons. The highest BCUT2D eigenvalue weighted by Gasteiger charge is 2.39. The molecule has 0 aliphatic rings. The molecule has 0 unspecified atom stereocenters. The van der Waals surface area contributed by atoms with Gasteiger partial charge in [-0.15, -0.1) is 0 Å². The number of carbonyl (C=O) groups is 2. The maximum atomic E-state index is 11.1. The second-order valence-electron chi connectivity index (χ2n) is 5.98. The quantitative estimate of drug-likeness (QED) is 0.678. The summed E-state index contributed by atoms with van der Waals surface area (Å²) >= 11 is 0. The van der Waals surface area contributed by atoms with Crippen molar-refractivity contribution in [3.8, 4) is 0 Å². The number of aliphatic carboxylic acids is 1. The van der Waals surface area contributed by atoms with Crippen molar-refractivity contribution in [2.75, 3.05) is 0 Å². The predicted octanol–water partition coefficient (Wildman–Crippen LogP) is 1.50. The molecular weight excluding hydrogens is 236 g/mol. The fourth-order valence-electron chi connectivity index (χ4n) is 1.26. The van der Waals surface area contributed by atoms with Gasteiger partial charge in [0.1, 0.15) is 5.78 Å². The van der Waals surface area contributed by atoms with Crippen LogP contribution in [0, 0.1) is 0 Å². The van der Waals surface area contributed by atoms with Crippen LogP contribution in [0.3, 0.4) is 0 Å². The Kier molecular flexibility index (Phi) is 5.54. The second kappa shape index (κ2) is 5.77. The van der Waals surface area contributed by atoms with Crippen molar-refractivity contribution in [3.63, 3.8) is 0 Å². The van der Waals surface area contributed by atoms with Crippen LogP contribution >= 0.6 is 0 Å². The maximum Gasteiger partial charge on any atom is 0.192 e. The molecule has 17 heavy (non-hydrogen) atoms. The van der Waals surface area contributed by atoms with E-state index in [1.165, 1.54) is 6.92 Å². The molecule has 0 radical (unpaired) electrons. The molecule has 0 aromatic rings. The third-order valence-electron chi connectivity index (χ3n) is 3.18. The standard InChI is InChI=1S/C12H24O4Si/c1-9(13)7-10(8-11(14)15)16-17(5,6)12(2,3)4/h10H,7-8H2,1-6H3,(H,14,15)/p-1/t10-/m0/s1. The van der Waals surface area contributed by atoms with Gasteiger partial charge in [0.05, 0.1) is 6.10 Å². The summed E-state index contributed by atoms with van der Waals surface area (Å²) in [7, 11) is -2.04. The Morgan fingerprint density at radius 3 is 2.00 bits per heavy atom. The van der Waals surface area contributed by atoms with E-state index in [0.29, 0.717) is 0 Å². The summed E-state index contributed by atoms with van der Waals surface area (Å²) in [5.74, 6) is -1.23. The molecule has 0 aliphatic carbocycles. The number of carboxylic acids is 1. The first-order chi connectivity index (χ1) is 7.45. The van der Waals surface area contributed by atoms with E-state index in [9.17, 15) is 14.7 Å². The number of carboxylic acid groups (broad SMARTS) is 1. The Balaban J connectivity index is 4.73. The fraction of sp³-hybridized carbons (Fsp3) is 0.833. The third kappa shape index (κ3) is 5.98. The maximum absolute atomic E-state index is 11.1. The largest absolute Gasteiger partial charge is 0.550 e. The molecule has 4 nitrogen and oxygen atoms in total. The lowest BCUT2D eigenvalue weighted by Crippen LogP contribution is -2.45. The van der Waals surface area contributed by atoms with E-state index < -0.39 is 20.4 Å².